The fraction of sp³-hybridized carbons (Fsp3) is 0.818. The first kappa shape index (κ1) is 11.4. The molecule has 2 fully saturated rings. The average molecular weight is 225 g/mol. The Morgan fingerprint density at radius 1 is 1.25 bits per heavy atom. The van der Waals surface area contributed by atoms with Crippen LogP contribution < -0.4 is 16.0 Å². The second-order valence-corrected chi connectivity index (χ2v) is 4.60. The number of piperidine rings is 1. The summed E-state index contributed by atoms with van der Waals surface area (Å²) in [6.45, 7) is 1.84. The minimum Gasteiger partial charge on any atom is -0.352 e. The lowest BCUT2D eigenvalue weighted by molar-refractivity contribution is -0.129. The molecule has 1 saturated carbocycles. The lowest BCUT2D eigenvalue weighted by Gasteiger charge is -2.21. The fourth-order valence-electron chi connectivity index (χ4n) is 1.89. The first-order valence-corrected chi connectivity index (χ1v) is 6.03. The molecule has 0 aromatic rings. The number of rotatable bonds is 4. The van der Waals surface area contributed by atoms with Crippen LogP contribution in [0.3, 0.4) is 0 Å². The van der Waals surface area contributed by atoms with Crippen LogP contribution in [0.25, 0.3) is 0 Å². The van der Waals surface area contributed by atoms with Crippen LogP contribution in [0.15, 0.2) is 0 Å². The van der Waals surface area contributed by atoms with E-state index in [1.807, 2.05) is 0 Å². The Hall–Kier alpha value is -1.10. The third-order valence-corrected chi connectivity index (χ3v) is 3.03. The van der Waals surface area contributed by atoms with Crippen molar-refractivity contribution in [2.75, 3.05) is 19.6 Å². The largest absolute Gasteiger partial charge is 0.352 e. The Kier molecular flexibility index (Phi) is 3.77. The van der Waals surface area contributed by atoms with Gasteiger partial charge >= 0.3 is 0 Å². The number of nitrogens with one attached hydrogen (secondary N) is 3. The summed E-state index contributed by atoms with van der Waals surface area (Å²) in [7, 11) is 0. The van der Waals surface area contributed by atoms with Gasteiger partial charge in [-0.2, -0.15) is 0 Å². The quantitative estimate of drug-likeness (QED) is 0.597. The Balaban J connectivity index is 1.63. The molecule has 0 radical (unpaired) electrons. The van der Waals surface area contributed by atoms with Gasteiger partial charge in [0.2, 0.25) is 11.8 Å². The summed E-state index contributed by atoms with van der Waals surface area (Å²) in [4.78, 5) is 23.0. The van der Waals surface area contributed by atoms with Gasteiger partial charge in [0.05, 0.1) is 12.5 Å². The van der Waals surface area contributed by atoms with E-state index in [1.165, 1.54) is 0 Å². The van der Waals surface area contributed by atoms with E-state index in [9.17, 15) is 9.59 Å². The van der Waals surface area contributed by atoms with Crippen LogP contribution in [0.2, 0.25) is 0 Å². The van der Waals surface area contributed by atoms with Gasteiger partial charge in [-0.3, -0.25) is 9.59 Å². The zero-order valence-electron chi connectivity index (χ0n) is 9.42. The summed E-state index contributed by atoms with van der Waals surface area (Å²) in [5, 5.41) is 8.72. The second-order valence-electron chi connectivity index (χ2n) is 4.60. The summed E-state index contributed by atoms with van der Waals surface area (Å²) < 4.78 is 0. The maximum Gasteiger partial charge on any atom is 0.239 e. The van der Waals surface area contributed by atoms with Crippen LogP contribution in [0.1, 0.15) is 25.7 Å². The monoisotopic (exact) mass is 225 g/mol. The Labute approximate surface area is 95.3 Å². The minimum absolute atomic E-state index is 0.00172. The predicted molar refractivity (Wildman–Crippen MR) is 59.8 cm³/mol. The maximum atomic E-state index is 11.7. The van der Waals surface area contributed by atoms with E-state index in [1.54, 1.807) is 0 Å². The van der Waals surface area contributed by atoms with Crippen molar-refractivity contribution in [3.8, 4) is 0 Å². The molecule has 1 aliphatic carbocycles. The molecule has 1 heterocycles. The highest BCUT2D eigenvalue weighted by atomic mass is 16.2. The third-order valence-electron chi connectivity index (χ3n) is 3.03. The molecule has 5 nitrogen and oxygen atoms in total. The van der Waals surface area contributed by atoms with Gasteiger partial charge in [-0.05, 0) is 32.2 Å². The van der Waals surface area contributed by atoms with E-state index in [0.717, 1.165) is 38.8 Å². The number of amides is 2. The number of hydrogen-bond acceptors (Lipinski definition) is 3. The Bertz CT molecular complexity index is 270. The number of carbonyl (C=O) groups excluding carboxylic acids is 2. The lowest BCUT2D eigenvalue weighted by atomic mass is 9.99. The SMILES string of the molecule is O=C(CNC(=O)[C@H]1CCCNC1)NC1CC1. The molecule has 2 amide bonds. The molecule has 3 N–H and O–H groups in total. The van der Waals surface area contributed by atoms with Crippen molar-refractivity contribution in [2.45, 2.75) is 31.7 Å². The number of hydrogen-bond donors (Lipinski definition) is 3. The zero-order valence-corrected chi connectivity index (χ0v) is 9.42. The second kappa shape index (κ2) is 5.30. The van der Waals surface area contributed by atoms with Crippen molar-refractivity contribution in [1.29, 1.82) is 0 Å². The van der Waals surface area contributed by atoms with E-state index < -0.39 is 0 Å². The fourth-order valence-corrected chi connectivity index (χ4v) is 1.89. The normalized spacial score (nSPS) is 24.9. The highest BCUT2D eigenvalue weighted by Gasteiger charge is 2.24. The van der Waals surface area contributed by atoms with Crippen molar-refractivity contribution in [2.24, 2.45) is 5.92 Å². The topological polar surface area (TPSA) is 70.2 Å². The first-order valence-electron chi connectivity index (χ1n) is 6.03. The Morgan fingerprint density at radius 3 is 2.69 bits per heavy atom. The third kappa shape index (κ3) is 3.48. The predicted octanol–water partition coefficient (Wildman–Crippen LogP) is -0.619. The van der Waals surface area contributed by atoms with Crippen LogP contribution in [0.4, 0.5) is 0 Å². The van der Waals surface area contributed by atoms with Crippen LogP contribution in [-0.4, -0.2) is 37.5 Å². The summed E-state index contributed by atoms with van der Waals surface area (Å²) in [5.41, 5.74) is 0. The molecular weight excluding hydrogens is 206 g/mol. The standard InChI is InChI=1S/C11H19N3O2/c15-10(14-9-3-4-9)7-13-11(16)8-2-1-5-12-6-8/h8-9,12H,1-7H2,(H,13,16)(H,14,15)/t8-/m0/s1. The van der Waals surface area contributed by atoms with Crippen molar-refractivity contribution in [3.63, 3.8) is 0 Å². The molecule has 2 rings (SSSR count). The molecule has 5 heteroatoms. The van der Waals surface area contributed by atoms with Gasteiger partial charge in [0.15, 0.2) is 0 Å². The molecule has 0 spiro atoms. The van der Waals surface area contributed by atoms with Gasteiger partial charge in [0.25, 0.3) is 0 Å². The highest BCUT2D eigenvalue weighted by Crippen LogP contribution is 2.18. The summed E-state index contributed by atoms with van der Waals surface area (Å²) in [5.74, 6) is -0.0414. The van der Waals surface area contributed by atoms with Crippen LogP contribution >= 0.6 is 0 Å². The first-order chi connectivity index (χ1) is 7.75. The van der Waals surface area contributed by atoms with Gasteiger partial charge in [-0.1, -0.05) is 0 Å². The van der Waals surface area contributed by atoms with Gasteiger partial charge in [-0.15, -0.1) is 0 Å². The zero-order chi connectivity index (χ0) is 11.4. The molecular formula is C11H19N3O2. The van der Waals surface area contributed by atoms with Crippen molar-refractivity contribution in [1.82, 2.24) is 16.0 Å². The molecule has 0 unspecified atom stereocenters. The smallest absolute Gasteiger partial charge is 0.239 e. The summed E-state index contributed by atoms with van der Waals surface area (Å²) in [6.07, 6.45) is 4.11. The van der Waals surface area contributed by atoms with Crippen LogP contribution in [-0.2, 0) is 9.59 Å². The van der Waals surface area contributed by atoms with E-state index in [4.69, 9.17) is 0 Å². The maximum absolute atomic E-state index is 11.7. The highest BCUT2D eigenvalue weighted by molar-refractivity contribution is 5.86. The van der Waals surface area contributed by atoms with Gasteiger partial charge in [0, 0.05) is 12.6 Å². The van der Waals surface area contributed by atoms with E-state index in [0.29, 0.717) is 6.04 Å². The molecule has 1 atom stereocenters. The van der Waals surface area contributed by atoms with Crippen molar-refractivity contribution in [3.05, 3.63) is 0 Å². The molecule has 0 aromatic heterocycles. The van der Waals surface area contributed by atoms with Crippen LogP contribution in [0.5, 0.6) is 0 Å². The van der Waals surface area contributed by atoms with Crippen molar-refractivity contribution < 1.29 is 9.59 Å². The van der Waals surface area contributed by atoms with E-state index in [-0.39, 0.29) is 24.3 Å². The van der Waals surface area contributed by atoms with Crippen LogP contribution in [0, 0.1) is 5.92 Å². The summed E-state index contributed by atoms with van der Waals surface area (Å²) in [6, 6.07) is 0.362. The minimum atomic E-state index is -0.0698. The van der Waals surface area contributed by atoms with Crippen molar-refractivity contribution >= 4 is 11.8 Å². The molecule has 90 valence electrons. The van der Waals surface area contributed by atoms with Gasteiger partial charge in [-0.25, -0.2) is 0 Å². The van der Waals surface area contributed by atoms with E-state index >= 15 is 0 Å². The molecule has 0 aromatic carbocycles. The number of carbonyl (C=O) groups is 2. The molecule has 2 aliphatic rings. The molecule has 1 aliphatic heterocycles. The summed E-state index contributed by atoms with van der Waals surface area (Å²) >= 11 is 0. The lowest BCUT2D eigenvalue weighted by Crippen LogP contribution is -2.44. The van der Waals surface area contributed by atoms with Gasteiger partial charge < -0.3 is 16.0 Å². The molecule has 1 saturated heterocycles. The van der Waals surface area contributed by atoms with E-state index in [2.05, 4.69) is 16.0 Å². The Morgan fingerprint density at radius 2 is 2.06 bits per heavy atom. The molecule has 16 heavy (non-hydrogen) atoms. The average Bonchev–Trinajstić information content (AvgIpc) is 3.11. The molecule has 0 bridgehead atoms. The van der Waals surface area contributed by atoms with Gasteiger partial charge in [0.1, 0.15) is 0 Å².